The number of hydrogen-bond acceptors (Lipinski definition) is 4. The molecule has 0 fully saturated rings. The van der Waals surface area contributed by atoms with E-state index < -0.39 is 0 Å². The predicted molar refractivity (Wildman–Crippen MR) is 127 cm³/mol. The van der Waals surface area contributed by atoms with E-state index in [0.29, 0.717) is 5.56 Å². The van der Waals surface area contributed by atoms with E-state index in [4.69, 9.17) is 4.52 Å². The van der Waals surface area contributed by atoms with Crippen molar-refractivity contribution in [2.45, 2.75) is 40.0 Å². The highest BCUT2D eigenvalue weighted by atomic mass is 127. The smallest absolute Gasteiger partial charge is 0.251 e. The lowest BCUT2D eigenvalue weighted by molar-refractivity contribution is 0.0963. The summed E-state index contributed by atoms with van der Waals surface area (Å²) in [5, 5.41) is 13.3. The number of halogens is 1. The summed E-state index contributed by atoms with van der Waals surface area (Å²) in [6, 6.07) is 7.68. The molecular weight excluding hydrogens is 481 g/mol. The molecule has 8 heteroatoms. The van der Waals surface area contributed by atoms with E-state index in [0.717, 1.165) is 61.9 Å². The van der Waals surface area contributed by atoms with Gasteiger partial charge in [0.15, 0.2) is 5.96 Å². The zero-order valence-electron chi connectivity index (χ0n) is 17.7. The largest absolute Gasteiger partial charge is 0.361 e. The van der Waals surface area contributed by atoms with Crippen molar-refractivity contribution in [3.8, 4) is 0 Å². The molecule has 160 valence electrons. The van der Waals surface area contributed by atoms with Crippen LogP contribution in [-0.4, -0.2) is 43.7 Å². The van der Waals surface area contributed by atoms with Crippen molar-refractivity contribution in [3.05, 3.63) is 52.4 Å². The van der Waals surface area contributed by atoms with Crippen molar-refractivity contribution < 1.29 is 9.32 Å². The Morgan fingerprint density at radius 2 is 2.00 bits per heavy atom. The van der Waals surface area contributed by atoms with Crippen LogP contribution < -0.4 is 16.0 Å². The first-order valence-corrected chi connectivity index (χ1v) is 9.80. The molecule has 0 saturated heterocycles. The molecule has 0 saturated carbocycles. The van der Waals surface area contributed by atoms with Gasteiger partial charge < -0.3 is 20.5 Å². The minimum atomic E-state index is -0.0667. The molecule has 1 aromatic heterocycles. The van der Waals surface area contributed by atoms with Crippen LogP contribution in [0.3, 0.4) is 0 Å². The number of nitrogens with one attached hydrogen (secondary N) is 3. The third-order valence-electron chi connectivity index (χ3n) is 4.50. The molecule has 2 aromatic rings. The number of amides is 1. The van der Waals surface area contributed by atoms with E-state index in [1.807, 2.05) is 45.0 Å². The van der Waals surface area contributed by atoms with Gasteiger partial charge >= 0.3 is 0 Å². The summed E-state index contributed by atoms with van der Waals surface area (Å²) in [5.41, 5.74) is 3.94. The first-order chi connectivity index (χ1) is 13.5. The lowest BCUT2D eigenvalue weighted by atomic mass is 10.1. The monoisotopic (exact) mass is 513 g/mol. The number of aliphatic imine (C=N–C) groups is 1. The zero-order valence-corrected chi connectivity index (χ0v) is 20.0. The second kappa shape index (κ2) is 13.2. The fourth-order valence-corrected chi connectivity index (χ4v) is 2.98. The normalized spacial score (nSPS) is 11.0. The minimum Gasteiger partial charge on any atom is -0.361 e. The zero-order chi connectivity index (χ0) is 20.4. The van der Waals surface area contributed by atoms with Crippen LogP contribution in [0.1, 0.15) is 46.3 Å². The van der Waals surface area contributed by atoms with Gasteiger partial charge in [0.25, 0.3) is 5.91 Å². The fourth-order valence-electron chi connectivity index (χ4n) is 2.98. The standard InChI is InChI=1S/C21H31N5O2.HI/c1-5-23-21(24-12-7-10-19-15(2)26-28-16(19)3)25-13-11-17-8-6-9-18(14-17)20(27)22-4;/h6,8-9,14H,5,7,10-13H2,1-4H3,(H,22,27)(H2,23,24,25);1H. The Morgan fingerprint density at radius 1 is 1.21 bits per heavy atom. The molecule has 0 aliphatic carbocycles. The number of benzene rings is 1. The summed E-state index contributed by atoms with van der Waals surface area (Å²) in [4.78, 5) is 16.4. The van der Waals surface area contributed by atoms with Gasteiger partial charge in [-0.05, 0) is 57.7 Å². The molecule has 1 heterocycles. The Kier molecular flexibility index (Phi) is 11.3. The first-order valence-electron chi connectivity index (χ1n) is 9.80. The molecule has 2 rings (SSSR count). The van der Waals surface area contributed by atoms with Crippen LogP contribution >= 0.6 is 24.0 Å². The summed E-state index contributed by atoms with van der Waals surface area (Å²) in [7, 11) is 1.64. The maximum Gasteiger partial charge on any atom is 0.251 e. The number of guanidine groups is 1. The van der Waals surface area contributed by atoms with Gasteiger partial charge in [0.1, 0.15) is 5.76 Å². The molecule has 0 spiro atoms. The Bertz CT molecular complexity index is 785. The molecular formula is C21H32IN5O2. The number of carbonyl (C=O) groups is 1. The molecule has 0 radical (unpaired) electrons. The molecule has 3 N–H and O–H groups in total. The summed E-state index contributed by atoms with van der Waals surface area (Å²) < 4.78 is 5.20. The number of aryl methyl sites for hydroxylation is 2. The van der Waals surface area contributed by atoms with Crippen molar-refractivity contribution in [2.24, 2.45) is 4.99 Å². The average Bonchev–Trinajstić information content (AvgIpc) is 3.02. The number of aromatic nitrogens is 1. The van der Waals surface area contributed by atoms with Crippen LogP contribution in [0.25, 0.3) is 0 Å². The van der Waals surface area contributed by atoms with Gasteiger partial charge in [-0.15, -0.1) is 24.0 Å². The molecule has 0 aliphatic rings. The van der Waals surface area contributed by atoms with Crippen LogP contribution in [-0.2, 0) is 12.8 Å². The van der Waals surface area contributed by atoms with Crippen LogP contribution in [0.5, 0.6) is 0 Å². The summed E-state index contributed by atoms with van der Waals surface area (Å²) >= 11 is 0. The molecule has 7 nitrogen and oxygen atoms in total. The van der Waals surface area contributed by atoms with Gasteiger partial charge in [0.05, 0.1) is 5.69 Å². The minimum absolute atomic E-state index is 0. The second-order valence-corrected chi connectivity index (χ2v) is 6.62. The fraction of sp³-hybridized carbons (Fsp3) is 0.476. The molecule has 0 atom stereocenters. The number of nitrogens with zero attached hydrogens (tertiary/aromatic N) is 2. The number of carbonyl (C=O) groups excluding carboxylic acids is 1. The maximum absolute atomic E-state index is 11.7. The van der Waals surface area contributed by atoms with Crippen molar-refractivity contribution in [2.75, 3.05) is 26.7 Å². The quantitative estimate of drug-likeness (QED) is 0.208. The van der Waals surface area contributed by atoms with Gasteiger partial charge in [-0.3, -0.25) is 9.79 Å². The third-order valence-corrected chi connectivity index (χ3v) is 4.50. The summed E-state index contributed by atoms with van der Waals surface area (Å²) in [6.07, 6.45) is 2.67. The van der Waals surface area contributed by atoms with Crippen molar-refractivity contribution in [3.63, 3.8) is 0 Å². The van der Waals surface area contributed by atoms with E-state index >= 15 is 0 Å². The van der Waals surface area contributed by atoms with Gasteiger partial charge in [0.2, 0.25) is 0 Å². The lowest BCUT2D eigenvalue weighted by Crippen LogP contribution is -2.38. The van der Waals surface area contributed by atoms with Crippen LogP contribution in [0.15, 0.2) is 33.8 Å². The number of rotatable bonds is 9. The summed E-state index contributed by atoms with van der Waals surface area (Å²) in [6.45, 7) is 8.25. The van der Waals surface area contributed by atoms with E-state index in [1.54, 1.807) is 7.05 Å². The second-order valence-electron chi connectivity index (χ2n) is 6.62. The third kappa shape index (κ3) is 8.04. The topological polar surface area (TPSA) is 91.6 Å². The lowest BCUT2D eigenvalue weighted by Gasteiger charge is -2.11. The SMILES string of the molecule is CCNC(=NCCCc1c(C)noc1C)NCCc1cccc(C(=O)NC)c1.I. The Balaban J connectivity index is 0.00000420. The molecule has 0 aliphatic heterocycles. The van der Waals surface area contributed by atoms with Crippen molar-refractivity contribution in [1.82, 2.24) is 21.1 Å². The Labute approximate surface area is 190 Å². The molecule has 0 unspecified atom stereocenters. The first kappa shape index (κ1) is 24.9. The maximum atomic E-state index is 11.7. The van der Waals surface area contributed by atoms with Gasteiger partial charge in [0, 0.05) is 37.8 Å². The van der Waals surface area contributed by atoms with Gasteiger partial charge in [-0.2, -0.15) is 0 Å². The van der Waals surface area contributed by atoms with Crippen LogP contribution in [0, 0.1) is 13.8 Å². The van der Waals surface area contributed by atoms with Gasteiger partial charge in [-0.25, -0.2) is 0 Å². The molecule has 1 aromatic carbocycles. The number of hydrogen-bond donors (Lipinski definition) is 3. The van der Waals surface area contributed by atoms with E-state index in [-0.39, 0.29) is 29.9 Å². The molecule has 1 amide bonds. The molecule has 29 heavy (non-hydrogen) atoms. The highest BCUT2D eigenvalue weighted by Gasteiger charge is 2.08. The highest BCUT2D eigenvalue weighted by molar-refractivity contribution is 14.0. The predicted octanol–water partition coefficient (Wildman–Crippen LogP) is 3.00. The van der Waals surface area contributed by atoms with Crippen molar-refractivity contribution >= 4 is 35.8 Å². The van der Waals surface area contributed by atoms with E-state index in [9.17, 15) is 4.79 Å². The van der Waals surface area contributed by atoms with Gasteiger partial charge in [-0.1, -0.05) is 17.3 Å². The Morgan fingerprint density at radius 3 is 2.66 bits per heavy atom. The van der Waals surface area contributed by atoms with Crippen LogP contribution in [0.4, 0.5) is 0 Å². The highest BCUT2D eigenvalue weighted by Crippen LogP contribution is 2.14. The Hall–Kier alpha value is -2.10. The van der Waals surface area contributed by atoms with E-state index in [2.05, 4.69) is 26.1 Å². The van der Waals surface area contributed by atoms with Crippen LogP contribution in [0.2, 0.25) is 0 Å². The van der Waals surface area contributed by atoms with Crippen molar-refractivity contribution in [1.29, 1.82) is 0 Å². The summed E-state index contributed by atoms with van der Waals surface area (Å²) in [5.74, 6) is 1.64. The van der Waals surface area contributed by atoms with E-state index in [1.165, 1.54) is 5.56 Å². The average molecular weight is 513 g/mol. The molecule has 0 bridgehead atoms.